The molecule has 0 N–H and O–H groups in total. The predicted octanol–water partition coefficient (Wildman–Crippen LogP) is 10.1. The highest BCUT2D eigenvalue weighted by molar-refractivity contribution is 5.93. The number of anilines is 3. The molecule has 57 heavy (non-hydrogen) atoms. The first-order chi connectivity index (χ1) is 27.4. The molecular weight excluding hydrogens is 705 g/mol. The number of benzene rings is 6. The molecule has 0 aromatic heterocycles. The average molecular weight is 757 g/mol. The lowest BCUT2D eigenvalue weighted by Crippen LogP contribution is -2.33. The molecule has 7 nitrogen and oxygen atoms in total. The molecule has 0 bridgehead atoms. The minimum absolute atomic E-state index is 0.0356. The van der Waals surface area contributed by atoms with Crippen molar-refractivity contribution in [3.8, 4) is 22.3 Å². The van der Waals surface area contributed by atoms with Crippen molar-refractivity contribution in [3.05, 3.63) is 172 Å². The van der Waals surface area contributed by atoms with Gasteiger partial charge in [0.15, 0.2) is 0 Å². The van der Waals surface area contributed by atoms with Gasteiger partial charge in [0.25, 0.3) is 0 Å². The van der Waals surface area contributed by atoms with E-state index in [0.29, 0.717) is 13.1 Å². The third kappa shape index (κ3) is 8.55. The summed E-state index contributed by atoms with van der Waals surface area (Å²) in [5, 5.41) is 12.7. The maximum atomic E-state index is 12.7. The third-order valence-corrected chi connectivity index (χ3v) is 11.2. The highest BCUT2D eigenvalue weighted by atomic mass is 16.5. The Labute approximate surface area is 337 Å². The van der Waals surface area contributed by atoms with E-state index >= 15 is 0 Å². The molecule has 2 aliphatic heterocycles. The van der Waals surface area contributed by atoms with Crippen LogP contribution in [-0.4, -0.2) is 40.0 Å². The van der Waals surface area contributed by atoms with Crippen LogP contribution in [0.4, 0.5) is 22.7 Å². The molecule has 0 saturated carbocycles. The minimum atomic E-state index is -0.486. The number of amides is 2. The average Bonchev–Trinajstić information content (AvgIpc) is 3.19. The highest BCUT2D eigenvalue weighted by Gasteiger charge is 2.23. The number of fused-ring (bicyclic) bond motifs is 4. The number of quaternary nitrogens is 1. The number of para-hydroxylation sites is 4. The second-order valence-corrected chi connectivity index (χ2v) is 15.7. The van der Waals surface area contributed by atoms with Crippen LogP contribution in [0.3, 0.4) is 0 Å². The lowest BCUT2D eigenvalue weighted by molar-refractivity contribution is -0.117. The molecule has 7 heteroatoms. The summed E-state index contributed by atoms with van der Waals surface area (Å²) in [7, 11) is 7.42. The van der Waals surface area contributed by atoms with E-state index in [9.17, 15) is 14.8 Å². The van der Waals surface area contributed by atoms with Crippen molar-refractivity contribution < 1.29 is 9.59 Å². The van der Waals surface area contributed by atoms with Gasteiger partial charge in [-0.25, -0.2) is 0 Å². The molecule has 0 unspecified atom stereocenters. The van der Waals surface area contributed by atoms with E-state index in [1.54, 1.807) is 27.9 Å². The van der Waals surface area contributed by atoms with Crippen molar-refractivity contribution >= 4 is 34.6 Å². The van der Waals surface area contributed by atoms with E-state index in [4.69, 9.17) is 0 Å². The molecule has 2 aliphatic rings. The lowest BCUT2D eigenvalue weighted by atomic mass is 9.92. The Bertz CT molecular complexity index is 2430. The Kier molecular flexibility index (Phi) is 11.4. The normalized spacial score (nSPS) is 13.5. The van der Waals surface area contributed by atoms with E-state index in [1.807, 2.05) is 58.3 Å². The van der Waals surface area contributed by atoms with Crippen molar-refractivity contribution in [1.82, 2.24) is 4.65 Å². The zero-order chi connectivity index (χ0) is 40.3. The Morgan fingerprint density at radius 1 is 0.526 bits per heavy atom. The van der Waals surface area contributed by atoms with E-state index in [-0.39, 0.29) is 11.8 Å². The van der Waals surface area contributed by atoms with Gasteiger partial charge in [-0.3, -0.25) is 9.59 Å². The van der Waals surface area contributed by atoms with Gasteiger partial charge in [-0.2, -0.15) is 0 Å². The maximum Gasteiger partial charge on any atom is 0.224 e. The van der Waals surface area contributed by atoms with Crippen LogP contribution in [0.25, 0.3) is 22.3 Å². The van der Waals surface area contributed by atoms with Crippen molar-refractivity contribution in [2.24, 2.45) is 0 Å². The number of nitrogens with zero attached hydrogens (tertiary/aromatic N) is 4. The molecule has 290 valence electrons. The largest absolute Gasteiger partial charge is 0.628 e. The van der Waals surface area contributed by atoms with E-state index in [1.165, 1.54) is 44.6 Å². The number of carbonyl (C=O) groups excluding carboxylic acids is 2. The summed E-state index contributed by atoms with van der Waals surface area (Å²) in [5.74, 6) is 0.118. The van der Waals surface area contributed by atoms with Crippen molar-refractivity contribution in [3.63, 3.8) is 0 Å². The number of rotatable bonds is 4. The Balaban J connectivity index is 0.000000174. The predicted molar refractivity (Wildman–Crippen MR) is 237 cm³/mol. The summed E-state index contributed by atoms with van der Waals surface area (Å²) in [5.41, 5.74) is 15.7. The van der Waals surface area contributed by atoms with Crippen molar-refractivity contribution in [1.29, 1.82) is 0 Å². The van der Waals surface area contributed by atoms with Crippen LogP contribution < -0.4 is 19.3 Å². The highest BCUT2D eigenvalue weighted by Crippen LogP contribution is 2.37. The number of hydroxylamine groups is 2. The smallest absolute Gasteiger partial charge is 0.224 e. The SMILES string of the molecule is CC(=O)N1Cc2cc(-c3ccccc3N(C)C)ccc2CCc2ccccc21.CC(=O)N1Cc2cc(-c3ccccc3[N+](C)(C)[O-])ccc2CCc2ccccc21. The Morgan fingerprint density at radius 3 is 1.44 bits per heavy atom. The number of carbonyl (C=O) groups is 2. The number of hydrogen-bond acceptors (Lipinski definition) is 4. The topological polar surface area (TPSA) is 66.9 Å². The van der Waals surface area contributed by atoms with Gasteiger partial charge in [0.1, 0.15) is 5.69 Å². The van der Waals surface area contributed by atoms with Crippen LogP contribution in [0.1, 0.15) is 47.2 Å². The number of aryl methyl sites for hydroxylation is 4. The molecule has 0 spiro atoms. The van der Waals surface area contributed by atoms with E-state index < -0.39 is 4.65 Å². The zero-order valence-electron chi connectivity index (χ0n) is 34.0. The van der Waals surface area contributed by atoms with E-state index in [0.717, 1.165) is 59.4 Å². The fourth-order valence-electron chi connectivity index (χ4n) is 8.25. The Hall–Kier alpha value is -6.02. The summed E-state index contributed by atoms with van der Waals surface area (Å²) in [6.07, 6.45) is 3.77. The molecule has 0 fully saturated rings. The molecule has 2 amide bonds. The molecule has 8 rings (SSSR count). The first kappa shape index (κ1) is 39.2. The fourth-order valence-corrected chi connectivity index (χ4v) is 8.25. The van der Waals surface area contributed by atoms with Gasteiger partial charge >= 0.3 is 0 Å². The molecular formula is C50H52N4O3. The van der Waals surface area contributed by atoms with Crippen LogP contribution in [0.15, 0.2) is 133 Å². The molecule has 0 radical (unpaired) electrons. The maximum absolute atomic E-state index is 12.7. The first-order valence-electron chi connectivity index (χ1n) is 19.8. The van der Waals surface area contributed by atoms with Gasteiger partial charge < -0.3 is 24.6 Å². The Morgan fingerprint density at radius 2 is 0.947 bits per heavy atom. The standard InChI is InChI=1S/C25H26N2O2.C25H26N2O/c1-18(28)26-17-22-16-21(23-9-5-7-11-25(23)27(2,3)29)15-13-19(22)12-14-20-8-4-6-10-24(20)26;1-18(28)27-17-22-16-21(23-9-5-7-11-25(23)26(2)3)15-13-19(22)12-14-20-8-4-6-10-24(20)27/h4-11,13,15-16H,12,14,17H2,1-3H3;4-11,13,15-16H,12,14,17H2,1-3H3. The molecule has 0 atom stereocenters. The first-order valence-corrected chi connectivity index (χ1v) is 19.8. The molecule has 0 saturated heterocycles. The monoisotopic (exact) mass is 756 g/mol. The summed E-state index contributed by atoms with van der Waals surface area (Å²) in [4.78, 5) is 30.8. The molecule has 2 heterocycles. The minimum Gasteiger partial charge on any atom is -0.628 e. The van der Waals surface area contributed by atoms with Gasteiger partial charge in [-0.05, 0) is 107 Å². The zero-order valence-corrected chi connectivity index (χ0v) is 34.0. The van der Waals surface area contributed by atoms with Crippen LogP contribution in [0.5, 0.6) is 0 Å². The second-order valence-electron chi connectivity index (χ2n) is 15.7. The van der Waals surface area contributed by atoms with Gasteiger partial charge in [0, 0.05) is 62.2 Å². The van der Waals surface area contributed by atoms with Crippen LogP contribution in [0.2, 0.25) is 0 Å². The van der Waals surface area contributed by atoms with Gasteiger partial charge in [0.2, 0.25) is 11.8 Å². The third-order valence-electron chi connectivity index (χ3n) is 11.2. The summed E-state index contributed by atoms with van der Waals surface area (Å²) < 4.78 is -0.486. The van der Waals surface area contributed by atoms with Crippen molar-refractivity contribution in [2.75, 3.05) is 42.9 Å². The van der Waals surface area contributed by atoms with Crippen LogP contribution in [-0.2, 0) is 48.4 Å². The van der Waals surface area contributed by atoms with Crippen LogP contribution in [0, 0.1) is 5.21 Å². The van der Waals surface area contributed by atoms with Gasteiger partial charge in [0.05, 0.1) is 27.2 Å². The summed E-state index contributed by atoms with van der Waals surface area (Å²) in [6.45, 7) is 4.42. The van der Waals surface area contributed by atoms with Gasteiger partial charge in [-0.1, -0.05) is 91.0 Å². The van der Waals surface area contributed by atoms with Crippen LogP contribution >= 0.6 is 0 Å². The summed E-state index contributed by atoms with van der Waals surface area (Å²) in [6, 6.07) is 45.7. The number of hydrogen-bond donors (Lipinski definition) is 0. The fraction of sp³-hybridized carbons (Fsp3) is 0.240. The molecule has 6 aromatic rings. The quantitative estimate of drug-likeness (QED) is 0.133. The lowest BCUT2D eigenvalue weighted by Gasteiger charge is -2.35. The van der Waals surface area contributed by atoms with Gasteiger partial charge in [-0.15, -0.1) is 0 Å². The molecule has 0 aliphatic carbocycles. The molecule has 6 aromatic carbocycles. The summed E-state index contributed by atoms with van der Waals surface area (Å²) >= 11 is 0. The second kappa shape index (κ2) is 16.6. The van der Waals surface area contributed by atoms with E-state index in [2.05, 4.69) is 104 Å². The van der Waals surface area contributed by atoms with Crippen molar-refractivity contribution in [2.45, 2.75) is 52.6 Å².